The van der Waals surface area contributed by atoms with Crippen LogP contribution < -0.4 is 0 Å². The predicted molar refractivity (Wildman–Crippen MR) is 39.5 cm³/mol. The van der Waals surface area contributed by atoms with Crippen molar-refractivity contribution in [2.24, 2.45) is 0 Å². The first-order valence-electron chi connectivity index (χ1n) is 2.61. The van der Waals surface area contributed by atoms with Crippen molar-refractivity contribution in [3.63, 3.8) is 0 Å². The molecule has 0 aromatic carbocycles. The number of hydrogen-bond donors (Lipinski definition) is 0. The highest BCUT2D eigenvalue weighted by Crippen LogP contribution is 2.06. The molecule has 1 rings (SSSR count). The molecule has 0 atom stereocenters. The van der Waals surface area contributed by atoms with Crippen LogP contribution in [-0.2, 0) is 9.53 Å². The maximum Gasteiger partial charge on any atom is 0.292 e. The Hall–Kier alpha value is -0.440. The Morgan fingerprint density at radius 2 is 2.00 bits per heavy atom. The SMILES string of the molecule is C1=CCSC1.COC=O. The lowest BCUT2D eigenvalue weighted by Gasteiger charge is -1.70. The van der Waals surface area contributed by atoms with Crippen LogP contribution in [0.15, 0.2) is 12.2 Å². The van der Waals surface area contributed by atoms with E-state index in [0.29, 0.717) is 6.47 Å². The summed E-state index contributed by atoms with van der Waals surface area (Å²) in [5.74, 6) is 2.47. The van der Waals surface area contributed by atoms with Crippen molar-refractivity contribution in [1.29, 1.82) is 0 Å². The maximum absolute atomic E-state index is 8.95. The number of carbonyl (C=O) groups excluding carboxylic acids is 1. The van der Waals surface area contributed by atoms with Gasteiger partial charge in [0.05, 0.1) is 7.11 Å². The molecule has 0 aliphatic carbocycles. The normalized spacial score (nSPS) is 13.9. The zero-order chi connectivity index (χ0) is 6.95. The number of ether oxygens (including phenoxy) is 1. The summed E-state index contributed by atoms with van der Waals surface area (Å²) in [6.45, 7) is 0.375. The summed E-state index contributed by atoms with van der Waals surface area (Å²) in [4.78, 5) is 8.95. The molecule has 0 radical (unpaired) electrons. The molecule has 0 aromatic heterocycles. The van der Waals surface area contributed by atoms with Gasteiger partial charge in [-0.3, -0.25) is 4.79 Å². The highest BCUT2D eigenvalue weighted by Gasteiger charge is 1.84. The largest absolute Gasteiger partial charge is 0.471 e. The van der Waals surface area contributed by atoms with Gasteiger partial charge in [-0.05, 0) is 0 Å². The lowest BCUT2D eigenvalue weighted by Crippen LogP contribution is -1.68. The standard InChI is InChI=1S/C4H6S.C2H4O2/c1-2-4-5-3-1;1-4-2-3/h1-2H,3-4H2;2H,1H3. The third kappa shape index (κ3) is 7.56. The van der Waals surface area contributed by atoms with Crippen LogP contribution in [0.4, 0.5) is 0 Å². The van der Waals surface area contributed by atoms with Crippen molar-refractivity contribution in [3.05, 3.63) is 12.2 Å². The summed E-state index contributed by atoms with van der Waals surface area (Å²) < 4.78 is 3.86. The lowest BCUT2D eigenvalue weighted by atomic mass is 10.6. The second kappa shape index (κ2) is 7.56. The summed E-state index contributed by atoms with van der Waals surface area (Å²) in [7, 11) is 1.31. The van der Waals surface area contributed by atoms with Gasteiger partial charge in [0.1, 0.15) is 0 Å². The van der Waals surface area contributed by atoms with Gasteiger partial charge >= 0.3 is 0 Å². The first-order chi connectivity index (χ1) is 4.41. The molecule has 1 aliphatic rings. The number of carbonyl (C=O) groups is 1. The van der Waals surface area contributed by atoms with Gasteiger partial charge in [0, 0.05) is 11.5 Å². The Morgan fingerprint density at radius 1 is 1.56 bits per heavy atom. The number of hydrogen-bond acceptors (Lipinski definition) is 3. The Kier molecular flexibility index (Phi) is 7.19. The molecule has 0 aromatic rings. The van der Waals surface area contributed by atoms with E-state index in [1.807, 2.05) is 11.8 Å². The summed E-state index contributed by atoms with van der Waals surface area (Å²) in [5.41, 5.74) is 0. The van der Waals surface area contributed by atoms with E-state index in [-0.39, 0.29) is 0 Å². The molecule has 0 N–H and O–H groups in total. The highest BCUT2D eigenvalue weighted by molar-refractivity contribution is 7.99. The molecule has 0 unspecified atom stereocenters. The Labute approximate surface area is 59.3 Å². The van der Waals surface area contributed by atoms with Crippen molar-refractivity contribution in [2.45, 2.75) is 0 Å². The number of thioether (sulfide) groups is 1. The van der Waals surface area contributed by atoms with E-state index in [9.17, 15) is 0 Å². The Balaban J connectivity index is 0.000000148. The fourth-order valence-corrected chi connectivity index (χ4v) is 1.02. The van der Waals surface area contributed by atoms with Gasteiger partial charge < -0.3 is 4.74 Å². The van der Waals surface area contributed by atoms with Crippen molar-refractivity contribution < 1.29 is 9.53 Å². The van der Waals surface area contributed by atoms with E-state index < -0.39 is 0 Å². The second-order valence-corrected chi connectivity index (χ2v) is 2.42. The van der Waals surface area contributed by atoms with Crippen molar-refractivity contribution in [3.8, 4) is 0 Å². The molecule has 1 heterocycles. The van der Waals surface area contributed by atoms with Gasteiger partial charge in [0.2, 0.25) is 0 Å². The minimum Gasteiger partial charge on any atom is -0.471 e. The average Bonchev–Trinajstić information content (AvgIpc) is 2.43. The van der Waals surface area contributed by atoms with E-state index in [4.69, 9.17) is 4.79 Å². The van der Waals surface area contributed by atoms with Crippen LogP contribution in [0, 0.1) is 0 Å². The molecule has 0 amide bonds. The van der Waals surface area contributed by atoms with Crippen LogP contribution in [0.1, 0.15) is 0 Å². The predicted octanol–water partition coefficient (Wildman–Crippen LogP) is 1.08. The number of rotatable bonds is 1. The van der Waals surface area contributed by atoms with Crippen LogP contribution in [0.5, 0.6) is 0 Å². The van der Waals surface area contributed by atoms with Crippen molar-refractivity contribution in [2.75, 3.05) is 18.6 Å². The van der Waals surface area contributed by atoms with Gasteiger partial charge in [-0.2, -0.15) is 11.8 Å². The molecule has 1 aliphatic heterocycles. The fourth-order valence-electron chi connectivity index (χ4n) is 0.340. The van der Waals surface area contributed by atoms with Gasteiger partial charge in [-0.15, -0.1) is 0 Å². The molecule has 0 spiro atoms. The smallest absolute Gasteiger partial charge is 0.292 e. The molecule has 0 saturated heterocycles. The molecule has 0 bridgehead atoms. The molecular formula is C6H10O2S. The molecule has 3 heteroatoms. The zero-order valence-electron chi connectivity index (χ0n) is 5.37. The summed E-state index contributed by atoms with van der Waals surface area (Å²) in [5, 5.41) is 0. The summed E-state index contributed by atoms with van der Waals surface area (Å²) >= 11 is 1.96. The van der Waals surface area contributed by atoms with E-state index in [1.54, 1.807) is 0 Å². The first kappa shape index (κ1) is 8.56. The fraction of sp³-hybridized carbons (Fsp3) is 0.500. The quantitative estimate of drug-likeness (QED) is 0.409. The van der Waals surface area contributed by atoms with Crippen molar-refractivity contribution in [1.82, 2.24) is 0 Å². The van der Waals surface area contributed by atoms with Gasteiger partial charge in [0.25, 0.3) is 6.47 Å². The van der Waals surface area contributed by atoms with E-state index in [1.165, 1.54) is 18.6 Å². The van der Waals surface area contributed by atoms with Crippen LogP contribution in [-0.4, -0.2) is 25.1 Å². The minimum absolute atomic E-state index is 0.375. The molecule has 2 nitrogen and oxygen atoms in total. The molecule has 0 fully saturated rings. The summed E-state index contributed by atoms with van der Waals surface area (Å²) in [6, 6.07) is 0. The summed E-state index contributed by atoms with van der Waals surface area (Å²) in [6.07, 6.45) is 4.40. The van der Waals surface area contributed by atoms with E-state index >= 15 is 0 Å². The first-order valence-corrected chi connectivity index (χ1v) is 3.76. The van der Waals surface area contributed by atoms with Gasteiger partial charge in [0.15, 0.2) is 0 Å². The molecule has 0 saturated carbocycles. The Morgan fingerprint density at radius 3 is 2.11 bits per heavy atom. The van der Waals surface area contributed by atoms with Crippen LogP contribution >= 0.6 is 11.8 Å². The Bertz CT molecular complexity index is 85.1. The van der Waals surface area contributed by atoms with Crippen LogP contribution in [0.2, 0.25) is 0 Å². The number of methoxy groups -OCH3 is 1. The molecule has 9 heavy (non-hydrogen) atoms. The molecular weight excluding hydrogens is 136 g/mol. The third-order valence-corrected chi connectivity index (χ3v) is 1.55. The van der Waals surface area contributed by atoms with Gasteiger partial charge in [-0.25, -0.2) is 0 Å². The topological polar surface area (TPSA) is 26.3 Å². The van der Waals surface area contributed by atoms with Crippen molar-refractivity contribution >= 4 is 18.2 Å². The minimum atomic E-state index is 0.375. The van der Waals surface area contributed by atoms with Gasteiger partial charge in [-0.1, -0.05) is 12.2 Å². The monoisotopic (exact) mass is 146 g/mol. The highest BCUT2D eigenvalue weighted by atomic mass is 32.2. The zero-order valence-corrected chi connectivity index (χ0v) is 6.19. The average molecular weight is 146 g/mol. The van der Waals surface area contributed by atoms with Crippen LogP contribution in [0.3, 0.4) is 0 Å². The lowest BCUT2D eigenvalue weighted by molar-refractivity contribution is -0.126. The molecule has 52 valence electrons. The van der Waals surface area contributed by atoms with Crippen LogP contribution in [0.25, 0.3) is 0 Å². The second-order valence-electron chi connectivity index (χ2n) is 1.34. The maximum atomic E-state index is 8.95. The third-order valence-electron chi connectivity index (χ3n) is 0.691. The van der Waals surface area contributed by atoms with E-state index in [0.717, 1.165) is 0 Å². The van der Waals surface area contributed by atoms with E-state index in [2.05, 4.69) is 16.9 Å².